The molecule has 3 aromatic rings. The molecule has 0 aliphatic carbocycles. The molecule has 0 radical (unpaired) electrons. The Balaban J connectivity index is 2.18. The lowest BCUT2D eigenvalue weighted by Gasteiger charge is -2.05. The van der Waals surface area contributed by atoms with Gasteiger partial charge in [0, 0.05) is 5.56 Å². The summed E-state index contributed by atoms with van der Waals surface area (Å²) in [5.41, 5.74) is 4.09. The van der Waals surface area contributed by atoms with Crippen LogP contribution < -0.4 is 5.82 Å². The highest BCUT2D eigenvalue weighted by atomic mass is 16.6. The second kappa shape index (κ2) is 5.37. The first-order valence-corrected chi connectivity index (χ1v) is 6.90. The minimum Gasteiger partial charge on any atom is -0.390 e. The van der Waals surface area contributed by atoms with Crippen LogP contribution in [0.2, 0.25) is 0 Å². The van der Waals surface area contributed by atoms with Crippen molar-refractivity contribution in [3.05, 3.63) is 58.6 Å². The van der Waals surface area contributed by atoms with Gasteiger partial charge >= 0.3 is 5.82 Å². The molecular formula is C17H16O3. The number of fused-ring (bicyclic) bond motifs is 1. The van der Waals surface area contributed by atoms with Crippen molar-refractivity contribution >= 4 is 11.2 Å². The van der Waals surface area contributed by atoms with E-state index < -0.39 is 5.82 Å². The third kappa shape index (κ3) is 2.27. The van der Waals surface area contributed by atoms with Gasteiger partial charge in [-0.25, -0.2) is 4.79 Å². The maximum atomic E-state index is 11.5. The third-order valence-corrected chi connectivity index (χ3v) is 3.45. The van der Waals surface area contributed by atoms with Gasteiger partial charge in [-0.05, 0) is 24.0 Å². The van der Waals surface area contributed by atoms with Crippen molar-refractivity contribution < 1.29 is 8.83 Å². The van der Waals surface area contributed by atoms with Crippen molar-refractivity contribution in [2.45, 2.75) is 26.2 Å². The Bertz CT molecular complexity index is 766. The smallest absolute Gasteiger partial charge is 0.390 e. The lowest BCUT2D eigenvalue weighted by atomic mass is 10.0. The van der Waals surface area contributed by atoms with E-state index in [1.54, 1.807) is 0 Å². The first-order chi connectivity index (χ1) is 9.79. The van der Waals surface area contributed by atoms with E-state index >= 15 is 0 Å². The lowest BCUT2D eigenvalue weighted by Crippen LogP contribution is -1.88. The summed E-state index contributed by atoms with van der Waals surface area (Å²) in [6.45, 7) is 2.14. The molecule has 102 valence electrons. The van der Waals surface area contributed by atoms with Crippen LogP contribution in [-0.4, -0.2) is 0 Å². The molecule has 3 rings (SSSR count). The molecule has 0 spiro atoms. The zero-order valence-corrected chi connectivity index (χ0v) is 11.4. The molecule has 20 heavy (non-hydrogen) atoms. The second-order valence-corrected chi connectivity index (χ2v) is 4.85. The topological polar surface area (TPSA) is 43.4 Å². The molecule has 0 saturated heterocycles. The quantitative estimate of drug-likeness (QED) is 0.704. The van der Waals surface area contributed by atoms with Crippen LogP contribution in [0.1, 0.15) is 25.3 Å². The van der Waals surface area contributed by atoms with Crippen molar-refractivity contribution in [2.24, 2.45) is 0 Å². The lowest BCUT2D eigenvalue weighted by molar-refractivity contribution is 0.408. The van der Waals surface area contributed by atoms with Crippen LogP contribution in [0.3, 0.4) is 0 Å². The van der Waals surface area contributed by atoms with Gasteiger partial charge in [-0.3, -0.25) is 0 Å². The maximum Gasteiger partial charge on any atom is 0.519 e. The number of rotatable bonds is 4. The van der Waals surface area contributed by atoms with E-state index in [0.717, 1.165) is 36.0 Å². The minimum atomic E-state index is -0.638. The van der Waals surface area contributed by atoms with Gasteiger partial charge in [0.1, 0.15) is 0 Å². The van der Waals surface area contributed by atoms with Crippen LogP contribution in [0.5, 0.6) is 0 Å². The molecule has 0 N–H and O–H groups in total. The molecule has 0 saturated carbocycles. The molecule has 3 heteroatoms. The van der Waals surface area contributed by atoms with Crippen LogP contribution >= 0.6 is 0 Å². The number of benzene rings is 2. The highest BCUT2D eigenvalue weighted by Crippen LogP contribution is 2.30. The van der Waals surface area contributed by atoms with Crippen molar-refractivity contribution in [3.63, 3.8) is 0 Å². The predicted octanol–water partition coefficient (Wildman–Crippen LogP) is 4.40. The monoisotopic (exact) mass is 268 g/mol. The summed E-state index contributed by atoms with van der Waals surface area (Å²) in [6, 6.07) is 13.9. The molecule has 0 fully saturated rings. The fourth-order valence-electron chi connectivity index (χ4n) is 2.41. The van der Waals surface area contributed by atoms with Gasteiger partial charge in [-0.2, -0.15) is 0 Å². The van der Waals surface area contributed by atoms with Gasteiger partial charge in [0.25, 0.3) is 0 Å². The van der Waals surface area contributed by atoms with Gasteiger partial charge in [-0.1, -0.05) is 55.8 Å². The minimum absolute atomic E-state index is 0.551. The fourth-order valence-corrected chi connectivity index (χ4v) is 2.41. The van der Waals surface area contributed by atoms with Crippen molar-refractivity contribution in [2.75, 3.05) is 0 Å². The third-order valence-electron chi connectivity index (χ3n) is 3.45. The molecule has 0 unspecified atom stereocenters. The SMILES string of the molecule is CCCCc1ccc(-c2ccccc2)c2oc(=O)oc12. The van der Waals surface area contributed by atoms with Gasteiger partial charge in [-0.15, -0.1) is 0 Å². The van der Waals surface area contributed by atoms with E-state index in [1.807, 2.05) is 42.5 Å². The first-order valence-electron chi connectivity index (χ1n) is 6.90. The Kier molecular flexibility index (Phi) is 3.42. The summed E-state index contributed by atoms with van der Waals surface area (Å²) >= 11 is 0. The van der Waals surface area contributed by atoms with E-state index in [0.29, 0.717) is 11.2 Å². The van der Waals surface area contributed by atoms with Crippen LogP contribution in [0.15, 0.2) is 56.1 Å². The molecule has 0 aliphatic heterocycles. The zero-order valence-electron chi connectivity index (χ0n) is 11.4. The number of hydrogen-bond acceptors (Lipinski definition) is 3. The number of unbranched alkanes of at least 4 members (excludes halogenated alkanes) is 1. The van der Waals surface area contributed by atoms with Crippen molar-refractivity contribution in [1.82, 2.24) is 0 Å². The molecule has 3 nitrogen and oxygen atoms in total. The van der Waals surface area contributed by atoms with Crippen LogP contribution in [0, 0.1) is 0 Å². The molecule has 0 bridgehead atoms. The molecule has 0 atom stereocenters. The summed E-state index contributed by atoms with van der Waals surface area (Å²) in [7, 11) is 0. The average Bonchev–Trinajstić information content (AvgIpc) is 2.87. The summed E-state index contributed by atoms with van der Waals surface area (Å²) in [5, 5.41) is 0. The standard InChI is InChI=1S/C17H16O3/c1-2-3-7-13-10-11-14(12-8-5-4-6-9-12)16-15(13)19-17(18)20-16/h4-6,8-11H,2-3,7H2,1H3. The van der Waals surface area contributed by atoms with E-state index in [2.05, 4.69) is 6.92 Å². The first kappa shape index (κ1) is 12.7. The molecular weight excluding hydrogens is 252 g/mol. The Hall–Kier alpha value is -2.29. The predicted molar refractivity (Wildman–Crippen MR) is 78.8 cm³/mol. The zero-order chi connectivity index (χ0) is 13.9. The van der Waals surface area contributed by atoms with E-state index in [9.17, 15) is 4.79 Å². The van der Waals surface area contributed by atoms with Gasteiger partial charge in [0.15, 0.2) is 11.2 Å². The van der Waals surface area contributed by atoms with Gasteiger partial charge in [0.05, 0.1) is 0 Å². The summed E-state index contributed by atoms with van der Waals surface area (Å²) in [6.07, 6.45) is 3.06. The molecule has 0 amide bonds. The van der Waals surface area contributed by atoms with E-state index in [1.165, 1.54) is 0 Å². The highest BCUT2D eigenvalue weighted by molar-refractivity contribution is 5.90. The molecule has 0 aliphatic rings. The van der Waals surface area contributed by atoms with E-state index in [4.69, 9.17) is 8.83 Å². The number of hydrogen-bond donors (Lipinski definition) is 0. The number of aryl methyl sites for hydroxylation is 1. The maximum absolute atomic E-state index is 11.5. The van der Waals surface area contributed by atoms with Gasteiger partial charge < -0.3 is 8.83 Å². The normalized spacial score (nSPS) is 11.1. The Morgan fingerprint density at radius 2 is 1.70 bits per heavy atom. The van der Waals surface area contributed by atoms with Crippen LogP contribution in [0.25, 0.3) is 22.3 Å². The van der Waals surface area contributed by atoms with Crippen molar-refractivity contribution in [1.29, 1.82) is 0 Å². The van der Waals surface area contributed by atoms with Crippen LogP contribution in [-0.2, 0) is 6.42 Å². The Morgan fingerprint density at radius 1 is 0.950 bits per heavy atom. The summed E-state index contributed by atoms with van der Waals surface area (Å²) in [4.78, 5) is 11.5. The van der Waals surface area contributed by atoms with E-state index in [-0.39, 0.29) is 0 Å². The Labute approximate surface area is 116 Å². The molecule has 2 aromatic carbocycles. The average molecular weight is 268 g/mol. The van der Waals surface area contributed by atoms with Crippen LogP contribution in [0.4, 0.5) is 0 Å². The van der Waals surface area contributed by atoms with Gasteiger partial charge in [0.2, 0.25) is 0 Å². The van der Waals surface area contributed by atoms with Crippen molar-refractivity contribution in [3.8, 4) is 11.1 Å². The fraction of sp³-hybridized carbons (Fsp3) is 0.235. The largest absolute Gasteiger partial charge is 0.519 e. The second-order valence-electron chi connectivity index (χ2n) is 4.85. The molecule has 1 heterocycles. The summed E-state index contributed by atoms with van der Waals surface area (Å²) < 4.78 is 10.5. The summed E-state index contributed by atoms with van der Waals surface area (Å²) in [5.74, 6) is -0.638. The molecule has 1 aromatic heterocycles. The Morgan fingerprint density at radius 3 is 2.45 bits per heavy atom. The highest BCUT2D eigenvalue weighted by Gasteiger charge is 2.14.